The molecule has 1 aromatic carbocycles. The van der Waals surface area contributed by atoms with Gasteiger partial charge in [-0.1, -0.05) is 6.07 Å². The number of rotatable bonds is 2. The molecule has 2 aliphatic rings. The third-order valence-electron chi connectivity index (χ3n) is 5.10. The summed E-state index contributed by atoms with van der Waals surface area (Å²) < 4.78 is 10.9. The van der Waals surface area contributed by atoms with E-state index in [1.807, 2.05) is 35.4 Å². The van der Waals surface area contributed by atoms with Crippen LogP contribution in [0, 0.1) is 0 Å². The molecule has 0 spiro atoms. The Bertz CT molecular complexity index is 989. The molecule has 0 saturated carbocycles. The van der Waals surface area contributed by atoms with Crippen molar-refractivity contribution in [3.05, 3.63) is 42.4 Å². The molecule has 0 bridgehead atoms. The van der Waals surface area contributed by atoms with Gasteiger partial charge < -0.3 is 19.4 Å². The Morgan fingerprint density at radius 3 is 2.77 bits per heavy atom. The summed E-state index contributed by atoms with van der Waals surface area (Å²) in [5.74, 6) is 1.56. The molecule has 1 fully saturated rings. The molecule has 0 atom stereocenters. The summed E-state index contributed by atoms with van der Waals surface area (Å²) >= 11 is 0. The van der Waals surface area contributed by atoms with E-state index in [-0.39, 0.29) is 12.7 Å². The van der Waals surface area contributed by atoms with E-state index >= 15 is 0 Å². The van der Waals surface area contributed by atoms with E-state index in [9.17, 15) is 4.79 Å². The Labute approximate surface area is 150 Å². The summed E-state index contributed by atoms with van der Waals surface area (Å²) in [5, 5.41) is 0.985. The predicted octanol–water partition coefficient (Wildman–Crippen LogP) is 3.58. The lowest BCUT2D eigenvalue weighted by Crippen LogP contribution is -2.35. The molecule has 5 rings (SSSR count). The Balaban J connectivity index is 1.55. The van der Waals surface area contributed by atoms with Gasteiger partial charge in [0.05, 0.1) is 11.7 Å². The van der Waals surface area contributed by atoms with Gasteiger partial charge in [-0.2, -0.15) is 0 Å². The van der Waals surface area contributed by atoms with Crippen molar-refractivity contribution in [3.63, 3.8) is 0 Å². The van der Waals surface area contributed by atoms with Crippen molar-refractivity contribution in [1.29, 1.82) is 0 Å². The van der Waals surface area contributed by atoms with Crippen molar-refractivity contribution in [2.24, 2.45) is 0 Å². The van der Waals surface area contributed by atoms with Crippen LogP contribution in [0.25, 0.3) is 22.0 Å². The molecule has 0 radical (unpaired) electrons. The lowest BCUT2D eigenvalue weighted by molar-refractivity contribution is 0.0719. The van der Waals surface area contributed by atoms with E-state index in [1.165, 1.54) is 6.42 Å². The second-order valence-electron chi connectivity index (χ2n) is 6.75. The zero-order chi connectivity index (χ0) is 17.5. The maximum Gasteiger partial charge on any atom is 0.270 e. The molecule has 2 aromatic heterocycles. The summed E-state index contributed by atoms with van der Waals surface area (Å²) in [6, 6.07) is 7.79. The summed E-state index contributed by atoms with van der Waals surface area (Å²) in [7, 11) is 0. The number of likely N-dealkylation sites (tertiary alicyclic amines) is 1. The van der Waals surface area contributed by atoms with Gasteiger partial charge in [0.15, 0.2) is 11.5 Å². The molecule has 6 nitrogen and oxygen atoms in total. The molecule has 2 aliphatic heterocycles. The molecule has 0 unspecified atom stereocenters. The van der Waals surface area contributed by atoms with Crippen LogP contribution in [0.3, 0.4) is 0 Å². The zero-order valence-electron chi connectivity index (χ0n) is 14.3. The van der Waals surface area contributed by atoms with E-state index in [1.54, 1.807) is 6.20 Å². The number of amides is 1. The van der Waals surface area contributed by atoms with Crippen LogP contribution in [-0.4, -0.2) is 40.7 Å². The fourth-order valence-electron chi connectivity index (χ4n) is 3.73. The van der Waals surface area contributed by atoms with Crippen molar-refractivity contribution in [2.45, 2.75) is 19.3 Å². The highest BCUT2D eigenvalue weighted by atomic mass is 16.7. The van der Waals surface area contributed by atoms with E-state index < -0.39 is 0 Å². The third kappa shape index (κ3) is 2.49. The Kier molecular flexibility index (Phi) is 3.55. The van der Waals surface area contributed by atoms with Gasteiger partial charge in [-0.05, 0) is 43.0 Å². The molecule has 1 N–H and O–H groups in total. The lowest BCUT2D eigenvalue weighted by atomic mass is 10.0. The van der Waals surface area contributed by atoms with Crippen LogP contribution in [0.15, 0.2) is 36.7 Å². The monoisotopic (exact) mass is 349 g/mol. The molecule has 4 heterocycles. The average molecular weight is 349 g/mol. The molecule has 1 saturated heterocycles. The van der Waals surface area contributed by atoms with E-state index in [0.717, 1.165) is 59.5 Å². The SMILES string of the molecule is O=C(c1cc2c(-c3ccc4c(c3)OCO4)cncc2[nH]1)N1CCCCC1. The number of hydrogen-bond acceptors (Lipinski definition) is 4. The lowest BCUT2D eigenvalue weighted by Gasteiger charge is -2.26. The topological polar surface area (TPSA) is 67.5 Å². The number of benzene rings is 1. The van der Waals surface area contributed by atoms with Crippen LogP contribution in [0.4, 0.5) is 0 Å². The third-order valence-corrected chi connectivity index (χ3v) is 5.10. The van der Waals surface area contributed by atoms with E-state index in [4.69, 9.17) is 9.47 Å². The minimum Gasteiger partial charge on any atom is -0.454 e. The number of piperidine rings is 1. The van der Waals surface area contributed by atoms with Crippen molar-refractivity contribution in [2.75, 3.05) is 19.9 Å². The van der Waals surface area contributed by atoms with Gasteiger partial charge in [0.1, 0.15) is 5.69 Å². The van der Waals surface area contributed by atoms with Crippen LogP contribution < -0.4 is 9.47 Å². The van der Waals surface area contributed by atoms with E-state index in [0.29, 0.717) is 5.69 Å². The van der Waals surface area contributed by atoms with Gasteiger partial charge in [0, 0.05) is 30.2 Å². The quantitative estimate of drug-likeness (QED) is 0.768. The van der Waals surface area contributed by atoms with Crippen molar-refractivity contribution in [3.8, 4) is 22.6 Å². The van der Waals surface area contributed by atoms with Crippen LogP contribution in [0.1, 0.15) is 29.8 Å². The highest BCUT2D eigenvalue weighted by Crippen LogP contribution is 2.37. The van der Waals surface area contributed by atoms with Crippen LogP contribution in [0.5, 0.6) is 11.5 Å². The largest absolute Gasteiger partial charge is 0.454 e. The van der Waals surface area contributed by atoms with Crippen LogP contribution >= 0.6 is 0 Å². The predicted molar refractivity (Wildman–Crippen MR) is 97.4 cm³/mol. The maximum atomic E-state index is 12.8. The first-order valence-electron chi connectivity index (χ1n) is 8.95. The van der Waals surface area contributed by atoms with Crippen molar-refractivity contribution >= 4 is 16.8 Å². The molecule has 1 amide bonds. The number of hydrogen-bond donors (Lipinski definition) is 1. The van der Waals surface area contributed by atoms with E-state index in [2.05, 4.69) is 9.97 Å². The molecular weight excluding hydrogens is 330 g/mol. The van der Waals surface area contributed by atoms with Gasteiger partial charge in [-0.25, -0.2) is 0 Å². The maximum absolute atomic E-state index is 12.8. The number of nitrogens with one attached hydrogen (secondary N) is 1. The first kappa shape index (κ1) is 15.3. The molecule has 132 valence electrons. The molecule has 6 heteroatoms. The second kappa shape index (κ2) is 6.05. The highest BCUT2D eigenvalue weighted by Gasteiger charge is 2.21. The zero-order valence-corrected chi connectivity index (χ0v) is 14.3. The van der Waals surface area contributed by atoms with Crippen LogP contribution in [0.2, 0.25) is 0 Å². The number of carbonyl (C=O) groups is 1. The Morgan fingerprint density at radius 2 is 1.88 bits per heavy atom. The van der Waals surface area contributed by atoms with Gasteiger partial charge >= 0.3 is 0 Å². The molecule has 26 heavy (non-hydrogen) atoms. The minimum absolute atomic E-state index is 0.0672. The Hall–Kier alpha value is -3.02. The minimum atomic E-state index is 0.0672. The highest BCUT2D eigenvalue weighted by molar-refractivity contribution is 6.02. The standard InChI is InChI=1S/C20H19N3O3/c24-20(23-6-2-1-3-7-23)16-9-14-15(10-21-11-17(14)22-16)13-4-5-18-19(8-13)26-12-25-18/h4-5,8-11,22H,1-3,6-7,12H2. The first-order chi connectivity index (χ1) is 12.8. The number of nitrogens with zero attached hydrogens (tertiary/aromatic N) is 2. The van der Waals surface area contributed by atoms with Gasteiger partial charge in [-0.3, -0.25) is 9.78 Å². The number of aromatic amines is 1. The number of H-pyrrole nitrogens is 1. The summed E-state index contributed by atoms with van der Waals surface area (Å²) in [6.07, 6.45) is 6.95. The number of aromatic nitrogens is 2. The smallest absolute Gasteiger partial charge is 0.270 e. The van der Waals surface area contributed by atoms with Crippen molar-refractivity contribution < 1.29 is 14.3 Å². The number of fused-ring (bicyclic) bond motifs is 2. The molecular formula is C20H19N3O3. The second-order valence-corrected chi connectivity index (χ2v) is 6.75. The average Bonchev–Trinajstić information content (AvgIpc) is 3.33. The summed E-state index contributed by atoms with van der Waals surface area (Å²) in [6.45, 7) is 1.92. The van der Waals surface area contributed by atoms with Crippen molar-refractivity contribution in [1.82, 2.24) is 14.9 Å². The summed E-state index contributed by atoms with van der Waals surface area (Å²) in [5.41, 5.74) is 3.44. The van der Waals surface area contributed by atoms with Gasteiger partial charge in [-0.15, -0.1) is 0 Å². The fourth-order valence-corrected chi connectivity index (χ4v) is 3.73. The summed E-state index contributed by atoms with van der Waals surface area (Å²) in [4.78, 5) is 22.3. The number of pyridine rings is 1. The number of carbonyl (C=O) groups excluding carboxylic acids is 1. The number of ether oxygens (including phenoxy) is 2. The molecule has 3 aromatic rings. The normalized spacial score (nSPS) is 16.2. The first-order valence-corrected chi connectivity index (χ1v) is 8.95. The Morgan fingerprint density at radius 1 is 1.04 bits per heavy atom. The fraction of sp³-hybridized carbons (Fsp3) is 0.300. The van der Waals surface area contributed by atoms with Gasteiger partial charge in [0.2, 0.25) is 6.79 Å². The molecule has 0 aliphatic carbocycles. The van der Waals surface area contributed by atoms with Crippen LogP contribution in [-0.2, 0) is 0 Å². The van der Waals surface area contributed by atoms with Gasteiger partial charge in [0.25, 0.3) is 5.91 Å².